The summed E-state index contributed by atoms with van der Waals surface area (Å²) in [7, 11) is 0. The summed E-state index contributed by atoms with van der Waals surface area (Å²) in [5, 5.41) is 12.5. The molecule has 26 heavy (non-hydrogen) atoms. The first-order chi connectivity index (χ1) is 12.5. The van der Waals surface area contributed by atoms with Crippen molar-refractivity contribution in [2.75, 3.05) is 0 Å². The zero-order valence-corrected chi connectivity index (χ0v) is 14.5. The van der Waals surface area contributed by atoms with E-state index in [0.717, 1.165) is 21.8 Å². The molecule has 0 bridgehead atoms. The van der Waals surface area contributed by atoms with E-state index in [1.807, 2.05) is 35.7 Å². The van der Waals surface area contributed by atoms with E-state index < -0.39 is 5.78 Å². The highest BCUT2D eigenvalue weighted by molar-refractivity contribution is 7.10. The lowest BCUT2D eigenvalue weighted by Crippen LogP contribution is -2.20. The average Bonchev–Trinajstić information content (AvgIpc) is 3.12. The molecular weight excluding hydrogens is 349 g/mol. The summed E-state index contributed by atoms with van der Waals surface area (Å²) in [6.07, 6.45) is 0.439. The Hall–Kier alpha value is -3.05. The fourth-order valence-corrected chi connectivity index (χ4v) is 3.75. The second kappa shape index (κ2) is 6.35. The molecule has 1 N–H and O–H groups in total. The van der Waals surface area contributed by atoms with Crippen molar-refractivity contribution in [1.82, 2.24) is 4.98 Å². The van der Waals surface area contributed by atoms with Crippen molar-refractivity contribution < 1.29 is 14.3 Å². The number of ketones is 1. The molecule has 0 radical (unpaired) electrons. The first-order valence-electron chi connectivity index (χ1n) is 8.00. The molecule has 3 nitrogen and oxygen atoms in total. The van der Waals surface area contributed by atoms with Crippen LogP contribution in [0.1, 0.15) is 16.1 Å². The van der Waals surface area contributed by atoms with Crippen molar-refractivity contribution in [1.29, 1.82) is 0 Å². The standard InChI is InChI=1S/C21H14FNO2S/c1-12-19(21(25)20(12)24)15-7-4-6-14(9-15)17-11-26-18(23-17)10-13-5-2-3-8-16(13)22/h2-9,11,25H,1,10H2. The summed E-state index contributed by atoms with van der Waals surface area (Å²) >= 11 is 1.47. The molecule has 0 spiro atoms. The van der Waals surface area contributed by atoms with Crippen molar-refractivity contribution in [3.8, 4) is 11.3 Å². The molecule has 1 aliphatic rings. The van der Waals surface area contributed by atoms with Crippen LogP contribution in [-0.4, -0.2) is 15.9 Å². The van der Waals surface area contributed by atoms with Crippen LogP contribution in [0.15, 0.2) is 71.8 Å². The molecule has 0 amide bonds. The van der Waals surface area contributed by atoms with Crippen LogP contribution in [-0.2, 0) is 11.2 Å². The maximum absolute atomic E-state index is 13.8. The van der Waals surface area contributed by atoms with Crippen LogP contribution in [0, 0.1) is 5.82 Å². The summed E-state index contributed by atoms with van der Waals surface area (Å²) in [6.45, 7) is 3.69. The van der Waals surface area contributed by atoms with Gasteiger partial charge in [-0.2, -0.15) is 0 Å². The smallest absolute Gasteiger partial charge is 0.228 e. The third-order valence-corrected chi connectivity index (χ3v) is 5.17. The molecule has 0 fully saturated rings. The Morgan fingerprint density at radius 2 is 1.88 bits per heavy atom. The number of thiazole rings is 1. The van der Waals surface area contributed by atoms with E-state index in [9.17, 15) is 14.3 Å². The minimum Gasteiger partial charge on any atom is -0.504 e. The van der Waals surface area contributed by atoms with Crippen molar-refractivity contribution >= 4 is 22.7 Å². The van der Waals surface area contributed by atoms with Crippen LogP contribution in [0.5, 0.6) is 0 Å². The number of hydrogen-bond acceptors (Lipinski definition) is 4. The van der Waals surface area contributed by atoms with Crippen LogP contribution in [0.25, 0.3) is 16.8 Å². The Morgan fingerprint density at radius 1 is 1.12 bits per heavy atom. The normalized spacial score (nSPS) is 13.9. The Kier molecular flexibility index (Phi) is 4.01. The van der Waals surface area contributed by atoms with E-state index in [2.05, 4.69) is 11.6 Å². The van der Waals surface area contributed by atoms with E-state index in [0.29, 0.717) is 23.1 Å². The summed E-state index contributed by atoms with van der Waals surface area (Å²) in [6, 6.07) is 14.1. The highest BCUT2D eigenvalue weighted by atomic mass is 32.1. The van der Waals surface area contributed by atoms with Gasteiger partial charge in [0.15, 0.2) is 5.76 Å². The first kappa shape index (κ1) is 16.4. The molecule has 2 aromatic carbocycles. The third kappa shape index (κ3) is 2.76. The summed E-state index contributed by atoms with van der Waals surface area (Å²) in [5.74, 6) is -0.890. The SMILES string of the molecule is C=C1C(=O)C(O)=C1c1cccc(-c2csc(Cc3ccccc3F)n2)c1. The highest BCUT2D eigenvalue weighted by Gasteiger charge is 2.32. The van der Waals surface area contributed by atoms with Gasteiger partial charge in [-0.15, -0.1) is 11.3 Å². The van der Waals surface area contributed by atoms with Crippen molar-refractivity contribution in [2.45, 2.75) is 6.42 Å². The fraction of sp³-hybridized carbons (Fsp3) is 0.0476. The number of allylic oxidation sites excluding steroid dienone is 2. The summed E-state index contributed by atoms with van der Waals surface area (Å²) < 4.78 is 13.8. The van der Waals surface area contributed by atoms with Crippen LogP contribution in [0.4, 0.5) is 4.39 Å². The molecule has 1 aliphatic carbocycles. The van der Waals surface area contributed by atoms with E-state index in [1.165, 1.54) is 17.4 Å². The predicted octanol–water partition coefficient (Wildman–Crippen LogP) is 4.95. The number of aliphatic hydroxyl groups excluding tert-OH is 1. The third-order valence-electron chi connectivity index (χ3n) is 4.33. The quantitative estimate of drug-likeness (QED) is 0.668. The Bertz CT molecular complexity index is 1080. The number of benzene rings is 2. The first-order valence-corrected chi connectivity index (χ1v) is 8.88. The van der Waals surface area contributed by atoms with Gasteiger partial charge in [-0.3, -0.25) is 4.79 Å². The average molecular weight is 363 g/mol. The van der Waals surface area contributed by atoms with Gasteiger partial charge in [0, 0.05) is 28.5 Å². The number of aliphatic hydroxyl groups is 1. The lowest BCUT2D eigenvalue weighted by atomic mass is 9.83. The monoisotopic (exact) mass is 363 g/mol. The Morgan fingerprint density at radius 3 is 2.65 bits per heavy atom. The van der Waals surface area contributed by atoms with Gasteiger partial charge >= 0.3 is 0 Å². The summed E-state index contributed by atoms with van der Waals surface area (Å²) in [5.41, 5.74) is 3.79. The molecule has 0 aliphatic heterocycles. The molecule has 0 saturated heterocycles. The van der Waals surface area contributed by atoms with Gasteiger partial charge in [0.1, 0.15) is 5.82 Å². The minimum absolute atomic E-state index is 0.234. The molecule has 128 valence electrons. The van der Waals surface area contributed by atoms with Gasteiger partial charge in [-0.05, 0) is 23.3 Å². The van der Waals surface area contributed by atoms with Gasteiger partial charge in [0.25, 0.3) is 0 Å². The molecule has 5 heteroatoms. The maximum atomic E-state index is 13.8. The number of halogens is 1. The number of rotatable bonds is 4. The topological polar surface area (TPSA) is 50.2 Å². The second-order valence-corrected chi connectivity index (χ2v) is 6.95. The van der Waals surface area contributed by atoms with Gasteiger partial charge in [0.2, 0.25) is 5.78 Å². The Labute approximate surface area is 153 Å². The second-order valence-electron chi connectivity index (χ2n) is 6.01. The maximum Gasteiger partial charge on any atom is 0.228 e. The van der Waals surface area contributed by atoms with Crippen molar-refractivity contribution in [2.24, 2.45) is 0 Å². The highest BCUT2D eigenvalue weighted by Crippen LogP contribution is 2.37. The van der Waals surface area contributed by atoms with E-state index in [-0.39, 0.29) is 11.6 Å². The number of aromatic nitrogens is 1. The van der Waals surface area contributed by atoms with Crippen LogP contribution in [0.2, 0.25) is 0 Å². The molecule has 0 unspecified atom stereocenters. The van der Waals surface area contributed by atoms with E-state index in [4.69, 9.17) is 0 Å². The van der Waals surface area contributed by atoms with Gasteiger partial charge in [-0.1, -0.05) is 43.0 Å². The Balaban J connectivity index is 1.63. The van der Waals surface area contributed by atoms with Crippen LogP contribution >= 0.6 is 11.3 Å². The zero-order chi connectivity index (χ0) is 18.3. The fourth-order valence-electron chi connectivity index (χ4n) is 2.92. The lowest BCUT2D eigenvalue weighted by molar-refractivity contribution is -0.115. The number of hydrogen-bond donors (Lipinski definition) is 1. The molecule has 3 aromatic rings. The predicted molar refractivity (Wildman–Crippen MR) is 100 cm³/mol. The van der Waals surface area contributed by atoms with Crippen LogP contribution in [0.3, 0.4) is 0 Å². The van der Waals surface area contributed by atoms with E-state index in [1.54, 1.807) is 12.1 Å². The molecule has 0 atom stereocenters. The number of nitrogens with zero attached hydrogens (tertiary/aromatic N) is 1. The molecule has 0 saturated carbocycles. The van der Waals surface area contributed by atoms with Gasteiger partial charge in [-0.25, -0.2) is 9.37 Å². The number of carbonyl (C=O) groups is 1. The zero-order valence-electron chi connectivity index (χ0n) is 13.7. The number of carbonyl (C=O) groups excluding carboxylic acids is 1. The van der Waals surface area contributed by atoms with Crippen LogP contribution < -0.4 is 0 Å². The van der Waals surface area contributed by atoms with Crippen molar-refractivity contribution in [3.63, 3.8) is 0 Å². The van der Waals surface area contributed by atoms with E-state index >= 15 is 0 Å². The lowest BCUT2D eigenvalue weighted by Gasteiger charge is -2.20. The molecular formula is C21H14FNO2S. The van der Waals surface area contributed by atoms with Crippen molar-refractivity contribution in [3.05, 3.63) is 93.8 Å². The minimum atomic E-state index is -0.411. The number of Topliss-reactive ketones (excluding diaryl/α,β-unsaturated/α-hetero) is 1. The molecule has 1 heterocycles. The molecule has 1 aromatic heterocycles. The summed E-state index contributed by atoms with van der Waals surface area (Å²) in [4.78, 5) is 16.1. The van der Waals surface area contributed by atoms with Gasteiger partial charge < -0.3 is 5.11 Å². The van der Waals surface area contributed by atoms with Gasteiger partial charge in [0.05, 0.1) is 10.7 Å². The molecule has 4 rings (SSSR count). The largest absolute Gasteiger partial charge is 0.504 e.